The molecule has 0 aliphatic heterocycles. The van der Waals surface area contributed by atoms with Crippen molar-refractivity contribution in [3.05, 3.63) is 12.2 Å². The van der Waals surface area contributed by atoms with Crippen molar-refractivity contribution < 1.29 is 9.47 Å². The van der Waals surface area contributed by atoms with Crippen LogP contribution in [-0.2, 0) is 9.47 Å². The van der Waals surface area contributed by atoms with E-state index in [0.29, 0.717) is 0 Å². The van der Waals surface area contributed by atoms with Crippen LogP contribution in [0.4, 0.5) is 0 Å². The lowest BCUT2D eigenvalue weighted by molar-refractivity contribution is -0.0221. The van der Waals surface area contributed by atoms with Crippen molar-refractivity contribution in [3.8, 4) is 0 Å². The minimum atomic E-state index is 0.220. The quantitative estimate of drug-likeness (QED) is 0.651. The van der Waals surface area contributed by atoms with E-state index in [0.717, 1.165) is 45.7 Å². The van der Waals surface area contributed by atoms with Crippen molar-refractivity contribution in [3.63, 3.8) is 0 Å². The van der Waals surface area contributed by atoms with Gasteiger partial charge in [-0.1, -0.05) is 6.08 Å². The fourth-order valence-electron chi connectivity index (χ4n) is 1.77. The molecule has 1 aliphatic carbocycles. The number of allylic oxidation sites excluding steroid dienone is 2. The summed E-state index contributed by atoms with van der Waals surface area (Å²) >= 11 is 0. The molecule has 0 bridgehead atoms. The van der Waals surface area contributed by atoms with Gasteiger partial charge < -0.3 is 9.47 Å². The topological polar surface area (TPSA) is 18.5 Å². The maximum atomic E-state index is 5.55. The molecule has 1 rings (SSSR count). The van der Waals surface area contributed by atoms with Crippen LogP contribution in [0.5, 0.6) is 0 Å². The maximum absolute atomic E-state index is 5.55. The molecular formula is C12H21O2. The second-order valence-electron chi connectivity index (χ2n) is 3.89. The van der Waals surface area contributed by atoms with Gasteiger partial charge in [0.2, 0.25) is 0 Å². The normalized spacial score (nSPS) is 19.9. The van der Waals surface area contributed by atoms with Crippen LogP contribution in [0.2, 0.25) is 0 Å². The first-order valence-corrected chi connectivity index (χ1v) is 5.53. The number of ether oxygens (including phenoxy) is 2. The van der Waals surface area contributed by atoms with E-state index in [1.54, 1.807) is 0 Å². The van der Waals surface area contributed by atoms with Gasteiger partial charge in [-0.25, -0.2) is 0 Å². The third-order valence-electron chi connectivity index (χ3n) is 2.70. The van der Waals surface area contributed by atoms with E-state index in [9.17, 15) is 0 Å². The summed E-state index contributed by atoms with van der Waals surface area (Å²) in [5, 5.41) is 0. The Kier molecular flexibility index (Phi) is 5.20. The molecule has 0 heterocycles. The van der Waals surface area contributed by atoms with Gasteiger partial charge in [-0.3, -0.25) is 0 Å². The Hall–Kier alpha value is -0.340. The Bertz CT molecular complexity index is 167. The molecule has 0 amide bonds. The SMILES string of the molecule is CCOCC1(COCC)CC=[C]CC1. The largest absolute Gasteiger partial charge is 0.381 e. The zero-order valence-electron chi connectivity index (χ0n) is 9.34. The molecule has 0 aromatic rings. The van der Waals surface area contributed by atoms with Crippen molar-refractivity contribution >= 4 is 0 Å². The molecule has 0 saturated carbocycles. The van der Waals surface area contributed by atoms with Crippen LogP contribution in [0, 0.1) is 11.5 Å². The van der Waals surface area contributed by atoms with E-state index in [4.69, 9.17) is 9.47 Å². The lowest BCUT2D eigenvalue weighted by Crippen LogP contribution is -2.33. The third kappa shape index (κ3) is 3.43. The smallest absolute Gasteiger partial charge is 0.0547 e. The van der Waals surface area contributed by atoms with Gasteiger partial charge >= 0.3 is 0 Å². The molecule has 2 nitrogen and oxygen atoms in total. The van der Waals surface area contributed by atoms with E-state index in [-0.39, 0.29) is 5.41 Å². The van der Waals surface area contributed by atoms with Gasteiger partial charge in [0.25, 0.3) is 0 Å². The first-order chi connectivity index (χ1) is 6.83. The molecule has 81 valence electrons. The average Bonchev–Trinajstić information content (AvgIpc) is 2.25. The molecule has 0 N–H and O–H groups in total. The molecule has 0 fully saturated rings. The fraction of sp³-hybridized carbons (Fsp3) is 0.833. The van der Waals surface area contributed by atoms with Gasteiger partial charge in [0.1, 0.15) is 0 Å². The van der Waals surface area contributed by atoms with E-state index < -0.39 is 0 Å². The second kappa shape index (κ2) is 6.20. The molecule has 0 aromatic carbocycles. The van der Waals surface area contributed by atoms with Gasteiger partial charge in [0.05, 0.1) is 13.2 Å². The van der Waals surface area contributed by atoms with E-state index >= 15 is 0 Å². The highest BCUT2D eigenvalue weighted by atomic mass is 16.5. The summed E-state index contributed by atoms with van der Waals surface area (Å²) in [4.78, 5) is 0. The van der Waals surface area contributed by atoms with Gasteiger partial charge in [-0.15, -0.1) is 0 Å². The van der Waals surface area contributed by atoms with Crippen molar-refractivity contribution in [1.29, 1.82) is 0 Å². The maximum Gasteiger partial charge on any atom is 0.0547 e. The molecule has 0 atom stereocenters. The molecule has 0 aromatic heterocycles. The second-order valence-corrected chi connectivity index (χ2v) is 3.89. The molecule has 1 aliphatic rings. The monoisotopic (exact) mass is 197 g/mol. The van der Waals surface area contributed by atoms with Gasteiger partial charge in [-0.05, 0) is 39.2 Å². The predicted octanol–water partition coefficient (Wildman–Crippen LogP) is 2.59. The lowest BCUT2D eigenvalue weighted by atomic mass is 9.78. The predicted molar refractivity (Wildman–Crippen MR) is 57.1 cm³/mol. The highest BCUT2D eigenvalue weighted by Gasteiger charge is 2.30. The highest BCUT2D eigenvalue weighted by Crippen LogP contribution is 2.33. The van der Waals surface area contributed by atoms with Crippen LogP contribution >= 0.6 is 0 Å². The number of hydrogen-bond acceptors (Lipinski definition) is 2. The molecule has 14 heavy (non-hydrogen) atoms. The van der Waals surface area contributed by atoms with Crippen molar-refractivity contribution in [2.45, 2.75) is 33.1 Å². The Labute approximate surface area is 87.3 Å². The summed E-state index contributed by atoms with van der Waals surface area (Å²) in [7, 11) is 0. The van der Waals surface area contributed by atoms with Crippen LogP contribution in [0.1, 0.15) is 33.1 Å². The minimum absolute atomic E-state index is 0.220. The van der Waals surface area contributed by atoms with E-state index in [1.165, 1.54) is 0 Å². The van der Waals surface area contributed by atoms with Gasteiger partial charge in [-0.2, -0.15) is 0 Å². The van der Waals surface area contributed by atoms with Crippen LogP contribution in [0.15, 0.2) is 6.08 Å². The summed E-state index contributed by atoms with van der Waals surface area (Å²) in [6.07, 6.45) is 8.63. The van der Waals surface area contributed by atoms with Crippen LogP contribution in [0.3, 0.4) is 0 Å². The van der Waals surface area contributed by atoms with Gasteiger partial charge in [0, 0.05) is 18.6 Å². The van der Waals surface area contributed by atoms with Crippen LogP contribution in [0.25, 0.3) is 0 Å². The molecule has 0 spiro atoms. The Balaban J connectivity index is 2.44. The molecule has 0 unspecified atom stereocenters. The zero-order valence-corrected chi connectivity index (χ0v) is 9.34. The zero-order chi connectivity index (χ0) is 10.3. The first kappa shape index (κ1) is 11.7. The average molecular weight is 197 g/mol. The molecule has 1 radical (unpaired) electrons. The Morgan fingerprint density at radius 1 is 1.21 bits per heavy atom. The molecule has 2 heteroatoms. The fourth-order valence-corrected chi connectivity index (χ4v) is 1.77. The van der Waals surface area contributed by atoms with E-state index in [1.807, 2.05) is 13.8 Å². The lowest BCUT2D eigenvalue weighted by Gasteiger charge is -2.34. The number of rotatable bonds is 6. The van der Waals surface area contributed by atoms with Crippen LogP contribution in [-0.4, -0.2) is 26.4 Å². The number of hydrogen-bond donors (Lipinski definition) is 0. The summed E-state index contributed by atoms with van der Waals surface area (Å²) < 4.78 is 11.1. The summed E-state index contributed by atoms with van der Waals surface area (Å²) in [6.45, 7) is 7.31. The summed E-state index contributed by atoms with van der Waals surface area (Å²) in [5.41, 5.74) is 0.220. The van der Waals surface area contributed by atoms with Crippen LogP contribution < -0.4 is 0 Å². The van der Waals surface area contributed by atoms with Crippen molar-refractivity contribution in [2.75, 3.05) is 26.4 Å². The molecule has 0 saturated heterocycles. The van der Waals surface area contributed by atoms with Crippen molar-refractivity contribution in [2.24, 2.45) is 5.41 Å². The highest BCUT2D eigenvalue weighted by molar-refractivity contribution is 4.94. The summed E-state index contributed by atoms with van der Waals surface area (Å²) in [6, 6.07) is 0. The first-order valence-electron chi connectivity index (χ1n) is 5.53. The summed E-state index contributed by atoms with van der Waals surface area (Å²) in [5.74, 6) is 0. The third-order valence-corrected chi connectivity index (χ3v) is 2.70. The Morgan fingerprint density at radius 3 is 2.29 bits per heavy atom. The van der Waals surface area contributed by atoms with Crippen molar-refractivity contribution in [1.82, 2.24) is 0 Å². The molecular weight excluding hydrogens is 176 g/mol. The Morgan fingerprint density at radius 2 is 1.86 bits per heavy atom. The minimum Gasteiger partial charge on any atom is -0.381 e. The van der Waals surface area contributed by atoms with Gasteiger partial charge in [0.15, 0.2) is 0 Å². The standard InChI is InChI=1S/C12H21O2/c1-3-13-10-12(11-14-4-2)8-6-5-7-9-12/h6H,3-4,7-11H2,1-2H3. The van der Waals surface area contributed by atoms with E-state index in [2.05, 4.69) is 12.2 Å².